The van der Waals surface area contributed by atoms with E-state index in [1.807, 2.05) is 4.90 Å². The molecule has 1 heterocycles. The first kappa shape index (κ1) is 19.6. The van der Waals surface area contributed by atoms with E-state index in [1.54, 1.807) is 43.5 Å². The summed E-state index contributed by atoms with van der Waals surface area (Å²) in [6, 6.07) is 11.6. The van der Waals surface area contributed by atoms with E-state index < -0.39 is 10.8 Å². The molecule has 0 radical (unpaired) electrons. The van der Waals surface area contributed by atoms with E-state index in [4.69, 9.17) is 17.0 Å². The molecular formula is C19H20N4O4S. The van der Waals surface area contributed by atoms with Crippen LogP contribution >= 0.6 is 12.2 Å². The number of hydrogen-bond donors (Lipinski definition) is 2. The zero-order valence-corrected chi connectivity index (χ0v) is 16.1. The van der Waals surface area contributed by atoms with Crippen molar-refractivity contribution < 1.29 is 14.5 Å². The number of nitrogens with one attached hydrogen (secondary N) is 2. The van der Waals surface area contributed by atoms with Gasteiger partial charge in [-0.25, -0.2) is 0 Å². The molecule has 28 heavy (non-hydrogen) atoms. The molecule has 0 aliphatic carbocycles. The zero-order valence-electron chi connectivity index (χ0n) is 15.3. The van der Waals surface area contributed by atoms with Crippen LogP contribution in [0.1, 0.15) is 23.2 Å². The van der Waals surface area contributed by atoms with Gasteiger partial charge in [-0.05, 0) is 49.3 Å². The summed E-state index contributed by atoms with van der Waals surface area (Å²) in [4.78, 5) is 25.5. The highest BCUT2D eigenvalue weighted by molar-refractivity contribution is 7.80. The SMILES string of the molecule is COc1cccc(NC(=S)NC(=O)c2ccc(N3CCCC3)c([N+](=O)[O-])c2)c1. The monoisotopic (exact) mass is 400 g/mol. The van der Waals surface area contributed by atoms with Crippen molar-refractivity contribution in [2.24, 2.45) is 0 Å². The summed E-state index contributed by atoms with van der Waals surface area (Å²) in [7, 11) is 1.55. The van der Waals surface area contributed by atoms with Crippen molar-refractivity contribution >= 4 is 40.3 Å². The van der Waals surface area contributed by atoms with Crippen LogP contribution in [-0.2, 0) is 0 Å². The van der Waals surface area contributed by atoms with Crippen molar-refractivity contribution in [3.05, 3.63) is 58.1 Å². The van der Waals surface area contributed by atoms with Crippen molar-refractivity contribution in [1.29, 1.82) is 0 Å². The van der Waals surface area contributed by atoms with Gasteiger partial charge in [-0.2, -0.15) is 0 Å². The van der Waals surface area contributed by atoms with Gasteiger partial charge in [-0.15, -0.1) is 0 Å². The second kappa shape index (κ2) is 8.66. The van der Waals surface area contributed by atoms with Crippen LogP contribution in [0.5, 0.6) is 5.75 Å². The number of rotatable bonds is 5. The first-order valence-corrected chi connectivity index (χ1v) is 9.18. The molecule has 1 amide bonds. The minimum Gasteiger partial charge on any atom is -0.497 e. The van der Waals surface area contributed by atoms with Gasteiger partial charge in [-0.3, -0.25) is 20.2 Å². The Morgan fingerprint density at radius 1 is 1.21 bits per heavy atom. The Morgan fingerprint density at radius 2 is 1.96 bits per heavy atom. The highest BCUT2D eigenvalue weighted by Crippen LogP contribution is 2.31. The highest BCUT2D eigenvalue weighted by atomic mass is 32.1. The fourth-order valence-electron chi connectivity index (χ4n) is 3.07. The minimum absolute atomic E-state index is 0.0822. The third-order valence-corrected chi connectivity index (χ3v) is 4.64. The number of amides is 1. The van der Waals surface area contributed by atoms with Crippen LogP contribution < -0.4 is 20.3 Å². The summed E-state index contributed by atoms with van der Waals surface area (Å²) in [6.45, 7) is 1.56. The van der Waals surface area contributed by atoms with E-state index in [-0.39, 0.29) is 16.4 Å². The number of carbonyl (C=O) groups is 1. The molecule has 3 rings (SSSR count). The number of ether oxygens (including phenoxy) is 1. The Morgan fingerprint density at radius 3 is 2.64 bits per heavy atom. The third kappa shape index (κ3) is 4.55. The number of hydrogen-bond acceptors (Lipinski definition) is 6. The predicted molar refractivity (Wildman–Crippen MR) is 111 cm³/mol. The van der Waals surface area contributed by atoms with Gasteiger partial charge < -0.3 is 15.0 Å². The van der Waals surface area contributed by atoms with Gasteiger partial charge in [0.15, 0.2) is 5.11 Å². The maximum Gasteiger partial charge on any atom is 0.293 e. The quantitative estimate of drug-likeness (QED) is 0.451. The zero-order chi connectivity index (χ0) is 20.1. The van der Waals surface area contributed by atoms with Gasteiger partial charge in [0.05, 0.1) is 12.0 Å². The molecule has 1 saturated heterocycles. The Kier molecular flexibility index (Phi) is 6.05. The van der Waals surface area contributed by atoms with Crippen molar-refractivity contribution in [2.75, 3.05) is 30.4 Å². The normalized spacial score (nSPS) is 13.1. The molecule has 0 spiro atoms. The Labute approximate surface area is 167 Å². The van der Waals surface area contributed by atoms with Crippen molar-refractivity contribution in [3.63, 3.8) is 0 Å². The van der Waals surface area contributed by atoms with Crippen LogP contribution in [0, 0.1) is 10.1 Å². The predicted octanol–water partition coefficient (Wildman–Crippen LogP) is 3.33. The summed E-state index contributed by atoms with van der Waals surface area (Å²) in [5.74, 6) is 0.128. The number of nitro groups is 1. The van der Waals surface area contributed by atoms with E-state index in [0.29, 0.717) is 17.1 Å². The van der Waals surface area contributed by atoms with Crippen molar-refractivity contribution in [3.8, 4) is 5.75 Å². The number of thiocarbonyl (C=S) groups is 1. The van der Waals surface area contributed by atoms with E-state index in [2.05, 4.69) is 10.6 Å². The number of anilines is 2. The van der Waals surface area contributed by atoms with Gasteiger partial charge in [0, 0.05) is 36.5 Å². The number of nitro benzene ring substituents is 1. The number of benzene rings is 2. The van der Waals surface area contributed by atoms with Crippen LogP contribution in [0.4, 0.5) is 17.1 Å². The van der Waals surface area contributed by atoms with E-state index in [9.17, 15) is 14.9 Å². The summed E-state index contributed by atoms with van der Waals surface area (Å²) >= 11 is 5.16. The van der Waals surface area contributed by atoms with Gasteiger partial charge in [-0.1, -0.05) is 6.07 Å². The fourth-order valence-corrected chi connectivity index (χ4v) is 3.29. The molecule has 1 aliphatic heterocycles. The third-order valence-electron chi connectivity index (χ3n) is 4.44. The topological polar surface area (TPSA) is 96.7 Å². The molecular weight excluding hydrogens is 380 g/mol. The molecule has 1 fully saturated rings. The Bertz CT molecular complexity index is 913. The van der Waals surface area contributed by atoms with Gasteiger partial charge in [0.25, 0.3) is 11.6 Å². The molecule has 0 atom stereocenters. The van der Waals surface area contributed by atoms with E-state index in [0.717, 1.165) is 25.9 Å². The lowest BCUT2D eigenvalue weighted by Gasteiger charge is -2.18. The van der Waals surface area contributed by atoms with Crippen molar-refractivity contribution in [2.45, 2.75) is 12.8 Å². The summed E-state index contributed by atoms with van der Waals surface area (Å²) in [5.41, 5.74) is 1.28. The maximum atomic E-state index is 12.5. The molecule has 2 aromatic carbocycles. The smallest absolute Gasteiger partial charge is 0.293 e. The Hall–Kier alpha value is -3.20. The minimum atomic E-state index is -0.517. The highest BCUT2D eigenvalue weighted by Gasteiger charge is 2.24. The van der Waals surface area contributed by atoms with E-state index >= 15 is 0 Å². The molecule has 8 nitrogen and oxygen atoms in total. The average Bonchev–Trinajstić information content (AvgIpc) is 3.22. The fraction of sp³-hybridized carbons (Fsp3) is 0.263. The molecule has 9 heteroatoms. The van der Waals surface area contributed by atoms with Gasteiger partial charge in [0.1, 0.15) is 11.4 Å². The molecule has 2 N–H and O–H groups in total. The second-order valence-electron chi connectivity index (χ2n) is 6.29. The van der Waals surface area contributed by atoms with Crippen LogP contribution in [0.25, 0.3) is 0 Å². The lowest BCUT2D eigenvalue weighted by Crippen LogP contribution is -2.34. The summed E-state index contributed by atoms with van der Waals surface area (Å²) in [5, 5.41) is 17.0. The summed E-state index contributed by atoms with van der Waals surface area (Å²) in [6.07, 6.45) is 2.01. The largest absolute Gasteiger partial charge is 0.497 e. The average molecular weight is 400 g/mol. The second-order valence-corrected chi connectivity index (χ2v) is 6.70. The summed E-state index contributed by atoms with van der Waals surface area (Å²) < 4.78 is 5.14. The first-order chi connectivity index (χ1) is 13.5. The van der Waals surface area contributed by atoms with Crippen LogP contribution in [0.3, 0.4) is 0 Å². The lowest BCUT2D eigenvalue weighted by atomic mass is 10.1. The Balaban J connectivity index is 1.71. The number of carbonyl (C=O) groups excluding carboxylic acids is 1. The molecule has 0 unspecified atom stereocenters. The number of methoxy groups -OCH3 is 1. The molecule has 0 saturated carbocycles. The van der Waals surface area contributed by atoms with Gasteiger partial charge in [0.2, 0.25) is 0 Å². The van der Waals surface area contributed by atoms with Gasteiger partial charge >= 0.3 is 0 Å². The molecule has 1 aliphatic rings. The van der Waals surface area contributed by atoms with Crippen LogP contribution in [-0.4, -0.2) is 36.1 Å². The molecule has 0 aromatic heterocycles. The molecule has 0 bridgehead atoms. The van der Waals surface area contributed by atoms with Crippen LogP contribution in [0.2, 0.25) is 0 Å². The van der Waals surface area contributed by atoms with Crippen LogP contribution in [0.15, 0.2) is 42.5 Å². The molecule has 146 valence electrons. The molecule has 2 aromatic rings. The lowest BCUT2D eigenvalue weighted by molar-refractivity contribution is -0.384. The van der Waals surface area contributed by atoms with E-state index in [1.165, 1.54) is 6.07 Å². The van der Waals surface area contributed by atoms with Crippen molar-refractivity contribution in [1.82, 2.24) is 5.32 Å². The standard InChI is InChI=1S/C19H20N4O4S/c1-27-15-6-4-5-14(12-15)20-19(28)21-18(24)13-7-8-16(17(11-13)23(25)26)22-9-2-3-10-22/h4-8,11-12H,2-3,9-10H2,1H3,(H2,20,21,24,28). The number of nitrogens with zero attached hydrogens (tertiary/aromatic N) is 2. The first-order valence-electron chi connectivity index (χ1n) is 8.77. The maximum absolute atomic E-state index is 12.5.